The highest BCUT2D eigenvalue weighted by molar-refractivity contribution is 5.78. The van der Waals surface area contributed by atoms with E-state index in [4.69, 9.17) is 5.73 Å². The first-order valence-electron chi connectivity index (χ1n) is 6.08. The fraction of sp³-hybridized carbons (Fsp3) is 0.462. The van der Waals surface area contributed by atoms with Crippen LogP contribution in [0.1, 0.15) is 25.5 Å². The molecule has 0 aliphatic carbocycles. The minimum Gasteiger partial charge on any atom is -0.329 e. The Hall–Kier alpha value is -1.69. The molecule has 6 heteroatoms. The van der Waals surface area contributed by atoms with Gasteiger partial charge in [-0.2, -0.15) is 0 Å². The van der Waals surface area contributed by atoms with E-state index in [2.05, 4.69) is 5.32 Å². The zero-order valence-corrected chi connectivity index (χ0v) is 10.9. The number of carbonyl (C=O) groups is 1. The van der Waals surface area contributed by atoms with Gasteiger partial charge >= 0.3 is 6.03 Å². The predicted molar refractivity (Wildman–Crippen MR) is 67.5 cm³/mol. The van der Waals surface area contributed by atoms with Crippen molar-refractivity contribution in [3.8, 4) is 0 Å². The molecule has 1 saturated heterocycles. The number of hydrogen-bond acceptors (Lipinski definition) is 2. The lowest BCUT2D eigenvalue weighted by atomic mass is 10.0. The Labute approximate surface area is 110 Å². The van der Waals surface area contributed by atoms with E-state index < -0.39 is 23.2 Å². The Morgan fingerprint density at radius 2 is 2.16 bits per heavy atom. The molecular weight excluding hydrogens is 252 g/mol. The van der Waals surface area contributed by atoms with Crippen molar-refractivity contribution >= 4 is 6.03 Å². The quantitative estimate of drug-likeness (QED) is 0.878. The minimum absolute atomic E-state index is 0.156. The van der Waals surface area contributed by atoms with Gasteiger partial charge in [-0.3, -0.25) is 0 Å². The number of nitrogens with two attached hydrogens (primary N) is 1. The van der Waals surface area contributed by atoms with Crippen LogP contribution in [0.25, 0.3) is 0 Å². The van der Waals surface area contributed by atoms with Crippen molar-refractivity contribution in [1.29, 1.82) is 0 Å². The van der Waals surface area contributed by atoms with Gasteiger partial charge in [0, 0.05) is 18.7 Å². The van der Waals surface area contributed by atoms with Crippen molar-refractivity contribution in [2.75, 3.05) is 13.1 Å². The molecule has 0 radical (unpaired) electrons. The van der Waals surface area contributed by atoms with Crippen molar-refractivity contribution < 1.29 is 13.6 Å². The molecule has 104 valence electrons. The zero-order chi connectivity index (χ0) is 14.2. The lowest BCUT2D eigenvalue weighted by Crippen LogP contribution is -2.50. The van der Waals surface area contributed by atoms with E-state index in [1.54, 1.807) is 4.90 Å². The first kappa shape index (κ1) is 13.7. The van der Waals surface area contributed by atoms with E-state index in [-0.39, 0.29) is 18.1 Å². The molecule has 19 heavy (non-hydrogen) atoms. The lowest BCUT2D eigenvalue weighted by molar-refractivity contribution is 0.163. The Morgan fingerprint density at radius 1 is 1.47 bits per heavy atom. The highest BCUT2D eigenvalue weighted by atomic mass is 19.1. The summed E-state index contributed by atoms with van der Waals surface area (Å²) < 4.78 is 26.9. The maximum absolute atomic E-state index is 13.7. The van der Waals surface area contributed by atoms with Gasteiger partial charge in [-0.25, -0.2) is 13.6 Å². The van der Waals surface area contributed by atoms with Crippen LogP contribution >= 0.6 is 0 Å². The Bertz CT molecular complexity index is 505. The van der Waals surface area contributed by atoms with Crippen LogP contribution in [-0.4, -0.2) is 29.6 Å². The second-order valence-electron chi connectivity index (χ2n) is 5.30. The monoisotopic (exact) mass is 269 g/mol. The fourth-order valence-corrected chi connectivity index (χ4v) is 2.13. The summed E-state index contributed by atoms with van der Waals surface area (Å²) in [6.45, 7) is 4.22. The molecule has 0 saturated carbocycles. The SMILES string of the molecule is CC(C)(CN)N1CC(c2cc(F)ccc2F)NC1=O. The second-order valence-corrected chi connectivity index (χ2v) is 5.30. The number of rotatable bonds is 3. The maximum atomic E-state index is 13.7. The summed E-state index contributed by atoms with van der Waals surface area (Å²) in [6, 6.07) is 2.35. The highest BCUT2D eigenvalue weighted by Gasteiger charge is 2.39. The van der Waals surface area contributed by atoms with Crippen LogP contribution in [0.3, 0.4) is 0 Å². The molecule has 1 heterocycles. The average molecular weight is 269 g/mol. The summed E-state index contributed by atoms with van der Waals surface area (Å²) in [5.41, 5.74) is 5.26. The fourth-order valence-electron chi connectivity index (χ4n) is 2.13. The number of hydrogen-bond donors (Lipinski definition) is 2. The summed E-state index contributed by atoms with van der Waals surface area (Å²) in [5, 5.41) is 2.65. The van der Waals surface area contributed by atoms with Crippen molar-refractivity contribution in [1.82, 2.24) is 10.2 Å². The summed E-state index contributed by atoms with van der Waals surface area (Å²) >= 11 is 0. The standard InChI is InChI=1S/C13H17F2N3O/c1-13(2,7-16)18-6-11(17-12(18)19)9-5-8(14)3-4-10(9)15/h3-5,11H,6-7,16H2,1-2H3,(H,17,19). The number of halogens is 2. The van der Waals surface area contributed by atoms with Crippen LogP contribution in [0.2, 0.25) is 0 Å². The molecule has 0 spiro atoms. The highest BCUT2D eigenvalue weighted by Crippen LogP contribution is 2.27. The molecule has 4 nitrogen and oxygen atoms in total. The molecule has 1 aromatic rings. The van der Waals surface area contributed by atoms with Crippen molar-refractivity contribution in [3.63, 3.8) is 0 Å². The van der Waals surface area contributed by atoms with Crippen LogP contribution in [0, 0.1) is 11.6 Å². The molecule has 1 unspecified atom stereocenters. The van der Waals surface area contributed by atoms with Gasteiger partial charge in [-0.15, -0.1) is 0 Å². The summed E-state index contributed by atoms with van der Waals surface area (Å²) in [6.07, 6.45) is 0. The smallest absolute Gasteiger partial charge is 0.318 e. The Morgan fingerprint density at radius 3 is 2.79 bits per heavy atom. The number of amides is 2. The normalized spacial score (nSPS) is 19.7. The molecule has 1 aromatic carbocycles. The number of benzene rings is 1. The van der Waals surface area contributed by atoms with Gasteiger partial charge in [0.05, 0.1) is 11.6 Å². The molecule has 1 aliphatic heterocycles. The number of nitrogens with zero attached hydrogens (tertiary/aromatic N) is 1. The molecule has 1 atom stereocenters. The lowest BCUT2D eigenvalue weighted by Gasteiger charge is -2.33. The third-order valence-corrected chi connectivity index (χ3v) is 3.47. The molecule has 1 aliphatic rings. The first-order chi connectivity index (χ1) is 8.85. The van der Waals surface area contributed by atoms with Crippen LogP contribution in [0.5, 0.6) is 0 Å². The van der Waals surface area contributed by atoms with E-state index in [1.165, 1.54) is 0 Å². The van der Waals surface area contributed by atoms with Gasteiger partial charge in [0.1, 0.15) is 11.6 Å². The second kappa shape index (κ2) is 4.77. The maximum Gasteiger partial charge on any atom is 0.318 e. The summed E-state index contributed by atoms with van der Waals surface area (Å²) in [7, 11) is 0. The number of nitrogens with one attached hydrogen (secondary N) is 1. The molecule has 0 aromatic heterocycles. The molecule has 3 N–H and O–H groups in total. The molecular formula is C13H17F2N3O. The van der Waals surface area contributed by atoms with E-state index in [0.717, 1.165) is 18.2 Å². The van der Waals surface area contributed by atoms with Crippen LogP contribution in [0.4, 0.5) is 13.6 Å². The van der Waals surface area contributed by atoms with E-state index in [9.17, 15) is 13.6 Å². The zero-order valence-electron chi connectivity index (χ0n) is 10.9. The van der Waals surface area contributed by atoms with Crippen LogP contribution in [0.15, 0.2) is 18.2 Å². The van der Waals surface area contributed by atoms with Gasteiger partial charge in [0.25, 0.3) is 0 Å². The Kier molecular flexibility index (Phi) is 3.45. The van der Waals surface area contributed by atoms with E-state index in [0.29, 0.717) is 6.54 Å². The topological polar surface area (TPSA) is 58.4 Å². The van der Waals surface area contributed by atoms with Crippen molar-refractivity contribution in [2.24, 2.45) is 5.73 Å². The van der Waals surface area contributed by atoms with Gasteiger partial charge in [-0.05, 0) is 32.0 Å². The molecule has 1 fully saturated rings. The first-order valence-corrected chi connectivity index (χ1v) is 6.08. The van der Waals surface area contributed by atoms with Gasteiger partial charge in [-0.1, -0.05) is 0 Å². The van der Waals surface area contributed by atoms with Gasteiger partial charge in [0.15, 0.2) is 0 Å². The minimum atomic E-state index is -0.561. The molecule has 2 rings (SSSR count). The Balaban J connectivity index is 2.26. The molecule has 2 amide bonds. The van der Waals surface area contributed by atoms with Crippen molar-refractivity contribution in [3.05, 3.63) is 35.4 Å². The summed E-state index contributed by atoms with van der Waals surface area (Å²) in [4.78, 5) is 13.4. The number of carbonyl (C=O) groups excluding carboxylic acids is 1. The van der Waals surface area contributed by atoms with E-state index >= 15 is 0 Å². The largest absolute Gasteiger partial charge is 0.329 e. The van der Waals surface area contributed by atoms with Gasteiger partial charge in [0.2, 0.25) is 0 Å². The number of urea groups is 1. The predicted octanol–water partition coefficient (Wildman–Crippen LogP) is 1.77. The van der Waals surface area contributed by atoms with Crippen molar-refractivity contribution in [2.45, 2.75) is 25.4 Å². The van der Waals surface area contributed by atoms with Gasteiger partial charge < -0.3 is 16.0 Å². The third-order valence-electron chi connectivity index (χ3n) is 3.47. The average Bonchev–Trinajstić information content (AvgIpc) is 2.75. The van der Waals surface area contributed by atoms with E-state index in [1.807, 2.05) is 13.8 Å². The third kappa shape index (κ3) is 2.53. The van der Waals surface area contributed by atoms with Crippen LogP contribution in [-0.2, 0) is 0 Å². The van der Waals surface area contributed by atoms with Crippen LogP contribution < -0.4 is 11.1 Å². The molecule has 0 bridgehead atoms. The summed E-state index contributed by atoms with van der Waals surface area (Å²) in [5.74, 6) is -1.05.